The molecule has 9 heteroatoms. The van der Waals surface area contributed by atoms with Gasteiger partial charge in [0.15, 0.2) is 0 Å². The summed E-state index contributed by atoms with van der Waals surface area (Å²) >= 11 is 0. The standard InChI is InChI=1S/C29H25FN2O6/c1-16-23(29(35)36)24-25(26(32-11-12-33)18-7-9-31-10-8-18)27(34)21-6-5-20(14-22(21)28(24)38-16)37-15-17-3-2-4-19(30)13-17/h2-10,13-14,26,32-34H,11-12,15H2,1H3,(H,35,36). The normalized spacial score (nSPS) is 12.2. The minimum absolute atomic E-state index is 0.0665. The number of phenols is 1. The van der Waals surface area contributed by atoms with E-state index in [1.807, 2.05) is 0 Å². The minimum Gasteiger partial charge on any atom is -0.507 e. The Labute approximate surface area is 216 Å². The van der Waals surface area contributed by atoms with Gasteiger partial charge in [-0.2, -0.15) is 0 Å². The summed E-state index contributed by atoms with van der Waals surface area (Å²) < 4.78 is 25.4. The number of hydrogen-bond donors (Lipinski definition) is 4. The molecule has 5 rings (SSSR count). The highest BCUT2D eigenvalue weighted by atomic mass is 19.1. The van der Waals surface area contributed by atoms with E-state index in [0.29, 0.717) is 27.6 Å². The summed E-state index contributed by atoms with van der Waals surface area (Å²) in [6, 6.07) is 13.9. The van der Waals surface area contributed by atoms with Crippen molar-refractivity contribution in [2.24, 2.45) is 0 Å². The van der Waals surface area contributed by atoms with Gasteiger partial charge >= 0.3 is 5.97 Å². The molecule has 0 aliphatic rings. The number of fused-ring (bicyclic) bond motifs is 3. The lowest BCUT2D eigenvalue weighted by Gasteiger charge is -2.22. The number of phenolic OH excluding ortho intramolecular Hbond substituents is 1. The fraction of sp³-hybridized carbons (Fsp3) is 0.172. The molecule has 1 atom stereocenters. The zero-order valence-electron chi connectivity index (χ0n) is 20.4. The Hall–Kier alpha value is -4.47. The van der Waals surface area contributed by atoms with Gasteiger partial charge in [-0.1, -0.05) is 12.1 Å². The number of benzene rings is 3. The maximum atomic E-state index is 13.6. The van der Waals surface area contributed by atoms with Crippen LogP contribution in [0.15, 0.2) is 71.4 Å². The third-order valence-electron chi connectivity index (χ3n) is 6.40. The van der Waals surface area contributed by atoms with E-state index >= 15 is 0 Å². The number of nitrogens with zero attached hydrogens (tertiary/aromatic N) is 1. The maximum Gasteiger partial charge on any atom is 0.339 e. The van der Waals surface area contributed by atoms with Gasteiger partial charge in [-0.15, -0.1) is 0 Å². The van der Waals surface area contributed by atoms with Crippen molar-refractivity contribution in [3.63, 3.8) is 0 Å². The largest absolute Gasteiger partial charge is 0.507 e. The number of hydrogen-bond acceptors (Lipinski definition) is 7. The number of pyridine rings is 1. The van der Waals surface area contributed by atoms with Crippen molar-refractivity contribution >= 4 is 27.7 Å². The number of aliphatic hydroxyl groups is 1. The third kappa shape index (κ3) is 4.65. The number of aromatic carboxylic acids is 1. The number of carbonyl (C=O) groups is 1. The minimum atomic E-state index is -1.20. The van der Waals surface area contributed by atoms with Crippen LogP contribution in [0.25, 0.3) is 21.7 Å². The van der Waals surface area contributed by atoms with Crippen LogP contribution >= 0.6 is 0 Å². The Morgan fingerprint density at radius 1 is 1.13 bits per heavy atom. The Bertz CT molecular complexity index is 1630. The van der Waals surface area contributed by atoms with Gasteiger partial charge in [-0.05, 0) is 60.5 Å². The predicted molar refractivity (Wildman–Crippen MR) is 139 cm³/mol. The van der Waals surface area contributed by atoms with Crippen molar-refractivity contribution < 1.29 is 33.7 Å². The molecule has 194 valence electrons. The lowest BCUT2D eigenvalue weighted by Crippen LogP contribution is -2.26. The summed E-state index contributed by atoms with van der Waals surface area (Å²) in [5, 5.41) is 35.5. The quantitative estimate of drug-likeness (QED) is 0.214. The topological polar surface area (TPSA) is 125 Å². The molecule has 8 nitrogen and oxygen atoms in total. The highest BCUT2D eigenvalue weighted by molar-refractivity contribution is 6.16. The molecule has 38 heavy (non-hydrogen) atoms. The van der Waals surface area contributed by atoms with Gasteiger partial charge < -0.3 is 29.8 Å². The molecule has 0 amide bonds. The predicted octanol–water partition coefficient (Wildman–Crippen LogP) is 5.08. The number of aliphatic hydroxyl groups excluding tert-OH is 1. The van der Waals surface area contributed by atoms with Crippen LogP contribution in [-0.4, -0.2) is 39.4 Å². The molecule has 5 aromatic rings. The zero-order chi connectivity index (χ0) is 26.8. The van der Waals surface area contributed by atoms with Crippen LogP contribution in [0.4, 0.5) is 4.39 Å². The number of nitrogens with one attached hydrogen (secondary N) is 1. The van der Waals surface area contributed by atoms with Gasteiger partial charge in [-0.25, -0.2) is 9.18 Å². The highest BCUT2D eigenvalue weighted by Crippen LogP contribution is 2.46. The van der Waals surface area contributed by atoms with Crippen molar-refractivity contribution in [2.75, 3.05) is 13.2 Å². The summed E-state index contributed by atoms with van der Waals surface area (Å²) in [5.74, 6) is -1.07. The molecule has 0 aliphatic carbocycles. The van der Waals surface area contributed by atoms with Crippen molar-refractivity contribution in [2.45, 2.75) is 19.6 Å². The Morgan fingerprint density at radius 2 is 1.92 bits per heavy atom. The molecule has 0 saturated carbocycles. The summed E-state index contributed by atoms with van der Waals surface area (Å²) in [4.78, 5) is 16.4. The SMILES string of the molecule is Cc1oc2c(c1C(=O)O)c(C(NCCO)c1ccncc1)c(O)c1ccc(OCc3cccc(F)c3)cc12. The van der Waals surface area contributed by atoms with Crippen LogP contribution in [0.5, 0.6) is 11.5 Å². The van der Waals surface area contributed by atoms with Gasteiger partial charge in [0.2, 0.25) is 0 Å². The fourth-order valence-corrected chi connectivity index (χ4v) is 4.75. The molecule has 1 unspecified atom stereocenters. The second-order valence-electron chi connectivity index (χ2n) is 8.82. The number of carboxylic acid groups (broad SMARTS) is 1. The third-order valence-corrected chi connectivity index (χ3v) is 6.40. The number of furan rings is 1. The van der Waals surface area contributed by atoms with E-state index in [0.717, 1.165) is 5.56 Å². The Kier molecular flexibility index (Phi) is 6.95. The first-order valence-corrected chi connectivity index (χ1v) is 12.0. The Balaban J connectivity index is 1.72. The van der Waals surface area contributed by atoms with Crippen LogP contribution in [0.3, 0.4) is 0 Å². The average molecular weight is 517 g/mol. The second-order valence-corrected chi connectivity index (χ2v) is 8.82. The van der Waals surface area contributed by atoms with E-state index < -0.39 is 12.0 Å². The van der Waals surface area contributed by atoms with Gasteiger partial charge in [0, 0.05) is 40.7 Å². The number of carboxylic acids is 1. The summed E-state index contributed by atoms with van der Waals surface area (Å²) in [6.07, 6.45) is 3.19. The highest BCUT2D eigenvalue weighted by Gasteiger charge is 2.30. The molecule has 2 aromatic heterocycles. The van der Waals surface area contributed by atoms with Crippen LogP contribution in [0.1, 0.15) is 38.9 Å². The first-order valence-electron chi connectivity index (χ1n) is 12.0. The number of halogens is 1. The number of aryl methyl sites for hydroxylation is 1. The van der Waals surface area contributed by atoms with Gasteiger partial charge in [0.1, 0.15) is 40.8 Å². The van der Waals surface area contributed by atoms with E-state index in [1.54, 1.807) is 61.8 Å². The smallest absolute Gasteiger partial charge is 0.339 e. The van der Waals surface area contributed by atoms with Gasteiger partial charge in [0.25, 0.3) is 0 Å². The van der Waals surface area contributed by atoms with Crippen molar-refractivity contribution in [3.8, 4) is 11.5 Å². The van der Waals surface area contributed by atoms with E-state index in [4.69, 9.17) is 9.15 Å². The Morgan fingerprint density at radius 3 is 2.63 bits per heavy atom. The van der Waals surface area contributed by atoms with E-state index in [2.05, 4.69) is 10.3 Å². The molecular weight excluding hydrogens is 491 g/mol. The zero-order valence-corrected chi connectivity index (χ0v) is 20.4. The lowest BCUT2D eigenvalue weighted by molar-refractivity contribution is 0.0697. The molecule has 0 radical (unpaired) electrons. The monoisotopic (exact) mass is 516 g/mol. The van der Waals surface area contributed by atoms with Crippen LogP contribution < -0.4 is 10.1 Å². The number of ether oxygens (including phenoxy) is 1. The van der Waals surface area contributed by atoms with E-state index in [-0.39, 0.29) is 53.6 Å². The van der Waals surface area contributed by atoms with E-state index in [9.17, 15) is 24.5 Å². The second kappa shape index (κ2) is 10.5. The van der Waals surface area contributed by atoms with Crippen molar-refractivity contribution in [3.05, 3.63) is 101 Å². The fourth-order valence-electron chi connectivity index (χ4n) is 4.75. The molecule has 4 N–H and O–H groups in total. The summed E-state index contributed by atoms with van der Waals surface area (Å²) in [5.41, 5.74) is 1.89. The van der Waals surface area contributed by atoms with Crippen LogP contribution in [0.2, 0.25) is 0 Å². The molecule has 3 aromatic carbocycles. The first-order chi connectivity index (χ1) is 18.4. The molecule has 2 heterocycles. The van der Waals surface area contributed by atoms with Gasteiger partial charge in [0.05, 0.1) is 12.6 Å². The summed E-state index contributed by atoms with van der Waals surface area (Å²) in [7, 11) is 0. The molecule has 0 bridgehead atoms. The van der Waals surface area contributed by atoms with Crippen molar-refractivity contribution in [1.29, 1.82) is 0 Å². The average Bonchev–Trinajstić information content (AvgIpc) is 3.26. The molecule has 0 fully saturated rings. The van der Waals surface area contributed by atoms with Crippen molar-refractivity contribution in [1.82, 2.24) is 10.3 Å². The van der Waals surface area contributed by atoms with Gasteiger partial charge in [-0.3, -0.25) is 4.98 Å². The number of aromatic nitrogens is 1. The lowest BCUT2D eigenvalue weighted by atomic mass is 9.90. The first kappa shape index (κ1) is 25.2. The number of aromatic hydroxyl groups is 1. The maximum absolute atomic E-state index is 13.6. The summed E-state index contributed by atoms with van der Waals surface area (Å²) in [6.45, 7) is 1.70. The molecular formula is C29H25FN2O6. The molecule has 0 saturated heterocycles. The number of rotatable bonds is 9. The van der Waals surface area contributed by atoms with Crippen LogP contribution in [-0.2, 0) is 6.61 Å². The van der Waals surface area contributed by atoms with Crippen LogP contribution in [0, 0.1) is 12.7 Å². The van der Waals surface area contributed by atoms with E-state index in [1.165, 1.54) is 12.1 Å². The molecule has 0 aliphatic heterocycles. The molecule has 0 spiro atoms.